The molecule has 26 rings (SSSR count). The maximum Gasteiger partial charge on any atom is 0.297 e. The maximum atomic E-state index is 14.3. The molecule has 141 heavy (non-hydrogen) atoms. The molecule has 54 heteroatoms. The van der Waals surface area contributed by atoms with Crippen LogP contribution in [0.1, 0.15) is 55.1 Å². The fraction of sp³-hybridized carbons (Fsp3) is 0.713. The van der Waals surface area contributed by atoms with E-state index in [9.17, 15) is 140 Å². The summed E-state index contributed by atoms with van der Waals surface area (Å²) in [5, 5.41) is 259. The highest BCUT2D eigenvalue weighted by molar-refractivity contribution is 7.86. The number of benzene rings is 3. The lowest BCUT2D eigenvalue weighted by Gasteiger charge is -2.50. The highest BCUT2D eigenvalue weighted by Gasteiger charge is 2.61. The van der Waals surface area contributed by atoms with Gasteiger partial charge in [0, 0.05) is 19.5 Å². The van der Waals surface area contributed by atoms with Crippen molar-refractivity contribution in [2.45, 2.75) is 317 Å². The van der Waals surface area contributed by atoms with E-state index in [4.69, 9.17) is 80.0 Å². The van der Waals surface area contributed by atoms with Gasteiger partial charge in [-0.3, -0.25) is 33.1 Å². The topological polar surface area (TPSA) is 783 Å². The van der Waals surface area contributed by atoms with Gasteiger partial charge in [-0.05, 0) is 81.8 Å². The molecule has 0 radical (unpaired) electrons. The van der Waals surface area contributed by atoms with Crippen LogP contribution in [-0.2, 0) is 135 Å². The number of aryl methyl sites for hydroxylation is 3. The van der Waals surface area contributed by atoms with Crippen LogP contribution in [0.5, 0.6) is 5.75 Å². The monoisotopic (exact) mass is 2030 g/mol. The van der Waals surface area contributed by atoms with Crippen LogP contribution in [-0.4, -0.2) is 489 Å². The average Bonchev–Trinajstić information content (AvgIpc) is 0.886. The normalized spacial score (nSPS) is 37.6. The number of rotatable bonds is 31. The first-order chi connectivity index (χ1) is 67.1. The molecular weight excluding hydrogens is 1910 g/mol. The van der Waals surface area contributed by atoms with Crippen LogP contribution in [0, 0.1) is 13.8 Å². The Bertz CT molecular complexity index is 4800. The molecule has 23 heterocycles. The molecule has 22 fully saturated rings. The van der Waals surface area contributed by atoms with E-state index in [0.717, 1.165) is 17.2 Å². The van der Waals surface area contributed by atoms with E-state index < -0.39 is 349 Å². The summed E-state index contributed by atoms with van der Waals surface area (Å²) in [6.07, 6.45) is -72.2. The highest BCUT2D eigenvalue weighted by atomic mass is 32.2. The second-order valence-corrected chi connectivity index (χ2v) is 37.7. The van der Waals surface area contributed by atoms with Crippen LogP contribution in [0.15, 0.2) is 83.9 Å². The van der Waals surface area contributed by atoms with Crippen LogP contribution in [0.25, 0.3) is 0 Å². The molecule has 22 aliphatic heterocycles. The SMILES string of the molecule is Cc1cc(OCc2cn(CC3OC4OC5C(CO)OC(OC6C(CO)OC(OC7C(CO)OC(OC8C(CO)OC(OC9C(CO)OC(OC%10C(CO)OC(OC3C(O)C4O)C(O)C%10O)C(O)C9O)C(O)C8O)C(O)C7O)C(O)C6O)C(O)C5O)nn2)cc(C)c1S(=O)(=O)OC[C@@](C)(O)C(=O)[C@H](C)NC(=O)[C@H](Cc1ccccc1)NC(=O)[C@H](C)NC(=O)[C@H](CCc1ccccc1)NC(=O)CN1CCOCC1. The van der Waals surface area contributed by atoms with Gasteiger partial charge in [-0.2, -0.15) is 8.42 Å². The maximum absolute atomic E-state index is 14.3. The van der Waals surface area contributed by atoms with Gasteiger partial charge in [0.25, 0.3) is 10.1 Å². The summed E-state index contributed by atoms with van der Waals surface area (Å²) in [5.74, 6) is -3.94. The van der Waals surface area contributed by atoms with Crippen molar-refractivity contribution in [1.29, 1.82) is 0 Å². The van der Waals surface area contributed by atoms with Gasteiger partial charge in [-0.15, -0.1) is 5.10 Å². The Labute approximate surface area is 805 Å². The lowest BCUT2D eigenvalue weighted by atomic mass is 9.95. The van der Waals surface area contributed by atoms with Crippen molar-refractivity contribution < 1.29 is 220 Å². The zero-order valence-corrected chi connectivity index (χ0v) is 77.7. The smallest absolute Gasteiger partial charge is 0.297 e. The number of nitrogens with one attached hydrogen (secondary N) is 4. The molecule has 4 aromatic rings. The number of ketones is 1. The van der Waals surface area contributed by atoms with Crippen LogP contribution >= 0.6 is 0 Å². The second-order valence-electron chi connectivity index (χ2n) is 36.2. The number of ether oxygens (including phenoxy) is 16. The summed E-state index contributed by atoms with van der Waals surface area (Å²) in [4.78, 5) is 71.1. The number of nitrogens with zero attached hydrogens (tertiary/aromatic N) is 4. The Balaban J connectivity index is 0.684. The number of carbonyl (C=O) groups is 5. The summed E-state index contributed by atoms with van der Waals surface area (Å²) in [6.45, 7) is -0.847. The molecule has 25 N–H and O–H groups in total. The Morgan fingerprint density at radius 1 is 0.454 bits per heavy atom. The van der Waals surface area contributed by atoms with E-state index in [1.54, 1.807) is 30.3 Å². The minimum Gasteiger partial charge on any atom is -0.487 e. The van der Waals surface area contributed by atoms with Crippen LogP contribution in [0.3, 0.4) is 0 Å². The summed E-state index contributed by atoms with van der Waals surface area (Å²) in [7, 11) is -4.89. The Hall–Kier alpha value is -7.42. The Kier molecular flexibility index (Phi) is 38.4. The molecule has 0 saturated carbocycles. The van der Waals surface area contributed by atoms with Gasteiger partial charge in [0.2, 0.25) is 23.6 Å². The van der Waals surface area contributed by atoms with E-state index >= 15 is 0 Å². The molecule has 53 nitrogen and oxygen atoms in total. The molecule has 22 saturated heterocycles. The van der Waals surface area contributed by atoms with Gasteiger partial charge in [-0.1, -0.05) is 65.9 Å². The van der Waals surface area contributed by atoms with E-state index in [-0.39, 0.29) is 42.0 Å². The molecule has 40 atom stereocenters. The summed E-state index contributed by atoms with van der Waals surface area (Å²) in [5.41, 5.74) is -1.14. The standard InChI is InChI=1S/C87H126N8O45S/c1-36-22-43(23-37(2)75(36)141(122,123)126-35-87(5,121)76(117)38(3)88-79(120)45(24-41-14-10-7-11-15-41)91-77(118)39(4)89-78(119)44(17-16-40-12-8-6-9-13-40)90-53(102)27-94-18-20-124-21-19-94)125-34-42-25-95(93-92-42)26-46-68-54(103)61(110)80(127-46)135-69-47(28-96)129-82(63(112)56(69)105)137-71-49(30-98)131-84(65(114)58(71)107)139-73-51(32-100)133-86(67(116)60(73)109)140-74-52(33-101)132-85(66(115)59(74)108)138-72-50(31-99)130-83(64(113)57(72)106)136-70-48(29-97)128-81(134-68)62(111)55(70)104/h6-15,22-23,25,38-39,44-52,54-74,80-86,96-101,103-116,121H,16-21,24,26-35H2,1-5H3,(H,88,120)(H,89,119)(H,90,102)(H,91,118)/t38-,39-,44-,45-,46?,47?,48?,49?,50?,51?,52?,54?,55?,56?,57?,58?,59?,60?,61?,62?,63?,64?,65?,66?,67?,68?,69?,70?,71?,72?,73?,74?,80?,81?,82?,83?,84?,85?,86?,87+/m0/s1. The van der Waals surface area contributed by atoms with Gasteiger partial charge < -0.3 is 204 Å². The number of hydrogen-bond acceptors (Lipinski definition) is 48. The molecule has 790 valence electrons. The van der Waals surface area contributed by atoms with Crippen molar-refractivity contribution in [1.82, 2.24) is 41.2 Å². The first-order valence-corrected chi connectivity index (χ1v) is 47.2. The largest absolute Gasteiger partial charge is 0.487 e. The van der Waals surface area contributed by atoms with Crippen LogP contribution in [0.4, 0.5) is 0 Å². The first kappa shape index (κ1) is 111. The van der Waals surface area contributed by atoms with Crippen LogP contribution < -0.4 is 26.0 Å². The number of Topliss-reactive ketones (excluding diaryl/α,β-unsaturated/α-hetero) is 1. The molecule has 14 bridgehead atoms. The minimum atomic E-state index is -4.89. The van der Waals surface area contributed by atoms with Crippen molar-refractivity contribution in [3.63, 3.8) is 0 Å². The number of carbonyl (C=O) groups excluding carboxylic acids is 5. The van der Waals surface area contributed by atoms with Crippen molar-refractivity contribution in [3.8, 4) is 5.75 Å². The molecule has 4 amide bonds. The van der Waals surface area contributed by atoms with Gasteiger partial charge in [0.1, 0.15) is 224 Å². The van der Waals surface area contributed by atoms with E-state index in [2.05, 4.69) is 31.6 Å². The van der Waals surface area contributed by atoms with Crippen LogP contribution in [0.2, 0.25) is 0 Å². The lowest BCUT2D eigenvalue weighted by molar-refractivity contribution is -0.396. The van der Waals surface area contributed by atoms with Gasteiger partial charge >= 0.3 is 0 Å². The van der Waals surface area contributed by atoms with Crippen molar-refractivity contribution >= 4 is 39.5 Å². The summed E-state index contributed by atoms with van der Waals surface area (Å²) in [6, 6.07) is 14.9. The summed E-state index contributed by atoms with van der Waals surface area (Å²) < 4.78 is 129. The fourth-order valence-electron chi connectivity index (χ4n) is 18.0. The molecule has 3 aromatic carbocycles. The van der Waals surface area contributed by atoms with Gasteiger partial charge in [-0.25, -0.2) is 4.68 Å². The molecule has 0 aliphatic carbocycles. The number of morpholine rings is 1. The van der Waals surface area contributed by atoms with E-state index in [1.165, 1.54) is 46.0 Å². The average molecular weight is 2040 g/mol. The number of aliphatic hydroxyl groups is 21. The minimum absolute atomic E-state index is 0.00172. The lowest BCUT2D eigenvalue weighted by Crippen LogP contribution is -2.68. The predicted molar refractivity (Wildman–Crippen MR) is 462 cm³/mol. The third kappa shape index (κ3) is 26.1. The second kappa shape index (κ2) is 48.9. The molecule has 35 unspecified atom stereocenters. The Morgan fingerprint density at radius 3 is 1.18 bits per heavy atom. The van der Waals surface area contributed by atoms with E-state index in [0.29, 0.717) is 38.3 Å². The first-order valence-electron chi connectivity index (χ1n) is 45.8. The number of hydrogen-bond donors (Lipinski definition) is 25. The van der Waals surface area contributed by atoms with E-state index in [1.807, 2.05) is 35.2 Å². The third-order valence-electron chi connectivity index (χ3n) is 25.8. The molecule has 22 aliphatic rings. The predicted octanol–water partition coefficient (Wildman–Crippen LogP) is -13.5. The number of aromatic nitrogens is 3. The quantitative estimate of drug-likeness (QED) is 0.0208. The Morgan fingerprint density at radius 2 is 0.801 bits per heavy atom. The van der Waals surface area contributed by atoms with Crippen molar-refractivity contribution in [3.05, 3.63) is 107 Å². The van der Waals surface area contributed by atoms with Gasteiger partial charge in [0.05, 0.1) is 78.2 Å². The number of amides is 4. The van der Waals surface area contributed by atoms with Crippen molar-refractivity contribution in [2.75, 3.05) is 79.1 Å². The molecule has 0 spiro atoms. The third-order valence-corrected chi connectivity index (χ3v) is 27.3. The highest BCUT2D eigenvalue weighted by Crippen LogP contribution is 2.41. The molecular formula is C87H126N8O45S. The summed E-state index contributed by atoms with van der Waals surface area (Å²) >= 11 is 0. The molecule has 1 aromatic heterocycles. The zero-order chi connectivity index (χ0) is 102. The van der Waals surface area contributed by atoms with Gasteiger partial charge in [0.15, 0.2) is 49.8 Å². The fourth-order valence-corrected chi connectivity index (χ4v) is 19.4. The zero-order valence-electron chi connectivity index (χ0n) is 76.9. The number of aliphatic hydroxyl groups excluding tert-OH is 20. The van der Waals surface area contributed by atoms with Crippen molar-refractivity contribution in [2.24, 2.45) is 0 Å².